The van der Waals surface area contributed by atoms with Gasteiger partial charge in [0, 0.05) is 13.5 Å². The molecule has 1 aliphatic carbocycles. The van der Waals surface area contributed by atoms with Crippen LogP contribution in [0.1, 0.15) is 32.6 Å². The van der Waals surface area contributed by atoms with E-state index in [1.807, 2.05) is 6.92 Å². The fraction of sp³-hybridized carbons (Fsp3) is 0.929. The summed E-state index contributed by atoms with van der Waals surface area (Å²) in [5.41, 5.74) is 4.96. The summed E-state index contributed by atoms with van der Waals surface area (Å²) in [7, 11) is 1.64. The molecule has 0 aromatic rings. The maximum atomic E-state index is 11.7. The van der Waals surface area contributed by atoms with Gasteiger partial charge in [0.25, 0.3) is 0 Å². The minimum atomic E-state index is -0.603. The molecule has 0 radical (unpaired) electrons. The molecule has 1 amide bonds. The Kier molecular flexibility index (Phi) is 8.06. The highest BCUT2D eigenvalue weighted by Gasteiger charge is 2.40. The normalized spacial score (nSPS) is 26.6. The number of rotatable bonds is 10. The van der Waals surface area contributed by atoms with Gasteiger partial charge in [0.15, 0.2) is 0 Å². The molecule has 3 N–H and O–H groups in total. The molecule has 6 nitrogen and oxygen atoms in total. The van der Waals surface area contributed by atoms with Crippen molar-refractivity contribution in [3.63, 3.8) is 0 Å². The van der Waals surface area contributed by atoms with E-state index in [9.17, 15) is 4.79 Å². The summed E-state index contributed by atoms with van der Waals surface area (Å²) in [4.78, 5) is 11.7. The Labute approximate surface area is 121 Å². The summed E-state index contributed by atoms with van der Waals surface area (Å²) in [5.74, 6) is -0.274. The Morgan fingerprint density at radius 3 is 2.75 bits per heavy atom. The maximum absolute atomic E-state index is 11.7. The highest BCUT2D eigenvalue weighted by Crippen LogP contribution is 2.30. The zero-order valence-corrected chi connectivity index (χ0v) is 12.7. The zero-order valence-electron chi connectivity index (χ0n) is 12.7. The predicted octanol–water partition coefficient (Wildman–Crippen LogP) is 0.442. The second-order valence-electron chi connectivity index (χ2n) is 5.17. The van der Waals surface area contributed by atoms with E-state index in [-0.39, 0.29) is 12.0 Å². The fourth-order valence-corrected chi connectivity index (χ4v) is 2.69. The van der Waals surface area contributed by atoms with Gasteiger partial charge in [0.05, 0.1) is 32.5 Å². The van der Waals surface area contributed by atoms with Crippen molar-refractivity contribution in [1.29, 1.82) is 0 Å². The van der Waals surface area contributed by atoms with Gasteiger partial charge in [-0.25, -0.2) is 0 Å². The third-order valence-electron chi connectivity index (χ3n) is 3.71. The number of ether oxygens (including phenoxy) is 3. The van der Waals surface area contributed by atoms with E-state index in [0.29, 0.717) is 32.8 Å². The first-order valence-electron chi connectivity index (χ1n) is 7.38. The van der Waals surface area contributed by atoms with Crippen molar-refractivity contribution in [3.8, 4) is 0 Å². The first-order valence-corrected chi connectivity index (χ1v) is 7.38. The standard InChI is InChI=1S/C14H28N2O4/c1-3-16-14(13(15)17)6-4-5-12(11-14)20-10-9-19-8-7-18-2/h12,16H,3-11H2,1-2H3,(H2,15,17). The van der Waals surface area contributed by atoms with Crippen molar-refractivity contribution < 1.29 is 19.0 Å². The molecule has 2 unspecified atom stereocenters. The lowest BCUT2D eigenvalue weighted by Crippen LogP contribution is -2.58. The van der Waals surface area contributed by atoms with Crippen LogP contribution >= 0.6 is 0 Å². The van der Waals surface area contributed by atoms with Gasteiger partial charge in [-0.3, -0.25) is 4.79 Å². The lowest BCUT2D eigenvalue weighted by atomic mass is 9.79. The van der Waals surface area contributed by atoms with E-state index >= 15 is 0 Å². The average Bonchev–Trinajstić information content (AvgIpc) is 2.43. The summed E-state index contributed by atoms with van der Waals surface area (Å²) in [6.45, 7) is 4.97. The van der Waals surface area contributed by atoms with Crippen molar-refractivity contribution in [2.45, 2.75) is 44.2 Å². The summed E-state index contributed by atoms with van der Waals surface area (Å²) >= 11 is 0. The van der Waals surface area contributed by atoms with Crippen molar-refractivity contribution in [1.82, 2.24) is 5.32 Å². The van der Waals surface area contributed by atoms with Gasteiger partial charge in [-0.1, -0.05) is 6.92 Å². The molecule has 1 saturated carbocycles. The van der Waals surface area contributed by atoms with E-state index in [0.717, 1.165) is 25.8 Å². The first-order chi connectivity index (χ1) is 9.64. The molecule has 1 rings (SSSR count). The Balaban J connectivity index is 2.31. The highest BCUT2D eigenvalue weighted by molar-refractivity contribution is 5.84. The Hall–Kier alpha value is -0.690. The average molecular weight is 288 g/mol. The van der Waals surface area contributed by atoms with E-state index in [2.05, 4.69) is 5.32 Å². The third kappa shape index (κ3) is 5.36. The van der Waals surface area contributed by atoms with Gasteiger partial charge in [0.2, 0.25) is 5.91 Å². The SMILES string of the molecule is CCNC1(C(N)=O)CCCC(OCCOCCOC)C1. The number of primary amides is 1. The molecule has 1 aliphatic rings. The van der Waals surface area contributed by atoms with Gasteiger partial charge in [-0.2, -0.15) is 0 Å². The third-order valence-corrected chi connectivity index (χ3v) is 3.71. The number of likely N-dealkylation sites (N-methyl/N-ethyl adjacent to an activating group) is 1. The second-order valence-corrected chi connectivity index (χ2v) is 5.17. The van der Waals surface area contributed by atoms with Crippen molar-refractivity contribution >= 4 is 5.91 Å². The van der Waals surface area contributed by atoms with Crippen LogP contribution in [0.4, 0.5) is 0 Å². The van der Waals surface area contributed by atoms with Crippen LogP contribution in [-0.2, 0) is 19.0 Å². The summed E-state index contributed by atoms with van der Waals surface area (Å²) in [5, 5.41) is 3.24. The van der Waals surface area contributed by atoms with E-state index < -0.39 is 5.54 Å². The van der Waals surface area contributed by atoms with Gasteiger partial charge in [-0.15, -0.1) is 0 Å². The number of nitrogens with one attached hydrogen (secondary N) is 1. The summed E-state index contributed by atoms with van der Waals surface area (Å²) < 4.78 is 16.0. The van der Waals surface area contributed by atoms with Crippen LogP contribution in [-0.4, -0.2) is 57.6 Å². The number of nitrogens with two attached hydrogens (primary N) is 1. The van der Waals surface area contributed by atoms with Crippen molar-refractivity contribution in [2.24, 2.45) is 5.73 Å². The number of carbonyl (C=O) groups is 1. The van der Waals surface area contributed by atoms with Crippen LogP contribution in [0.2, 0.25) is 0 Å². The number of hydrogen-bond acceptors (Lipinski definition) is 5. The Bertz CT molecular complexity index is 284. The van der Waals surface area contributed by atoms with Gasteiger partial charge < -0.3 is 25.3 Å². The maximum Gasteiger partial charge on any atom is 0.237 e. The fourth-order valence-electron chi connectivity index (χ4n) is 2.69. The summed E-state index contributed by atoms with van der Waals surface area (Å²) in [6.07, 6.45) is 3.43. The van der Waals surface area contributed by atoms with Crippen molar-refractivity contribution in [2.75, 3.05) is 40.1 Å². The molecule has 20 heavy (non-hydrogen) atoms. The van der Waals surface area contributed by atoms with Crippen molar-refractivity contribution in [3.05, 3.63) is 0 Å². The molecule has 0 spiro atoms. The van der Waals surface area contributed by atoms with Crippen LogP contribution in [0, 0.1) is 0 Å². The molecule has 118 valence electrons. The van der Waals surface area contributed by atoms with E-state index in [1.54, 1.807) is 7.11 Å². The largest absolute Gasteiger partial charge is 0.382 e. The van der Waals surface area contributed by atoms with Gasteiger partial charge in [-0.05, 0) is 25.8 Å². The molecule has 2 atom stereocenters. The number of amides is 1. The lowest BCUT2D eigenvalue weighted by molar-refractivity contribution is -0.128. The van der Waals surface area contributed by atoms with Crippen LogP contribution in [0.5, 0.6) is 0 Å². The number of hydrogen-bond donors (Lipinski definition) is 2. The minimum Gasteiger partial charge on any atom is -0.382 e. The molecule has 0 aliphatic heterocycles. The lowest BCUT2D eigenvalue weighted by Gasteiger charge is -2.39. The Morgan fingerprint density at radius 2 is 2.10 bits per heavy atom. The topological polar surface area (TPSA) is 82.8 Å². The second kappa shape index (κ2) is 9.28. The van der Waals surface area contributed by atoms with E-state index in [1.165, 1.54) is 0 Å². The van der Waals surface area contributed by atoms with Crippen LogP contribution in [0.25, 0.3) is 0 Å². The number of methoxy groups -OCH3 is 1. The molecule has 0 saturated heterocycles. The molecule has 6 heteroatoms. The van der Waals surface area contributed by atoms with Crippen LogP contribution in [0.3, 0.4) is 0 Å². The monoisotopic (exact) mass is 288 g/mol. The molecule has 0 heterocycles. The van der Waals surface area contributed by atoms with Crippen LogP contribution < -0.4 is 11.1 Å². The molecule has 0 bridgehead atoms. The molecule has 0 aromatic heterocycles. The predicted molar refractivity (Wildman–Crippen MR) is 76.5 cm³/mol. The molecular weight excluding hydrogens is 260 g/mol. The number of carbonyl (C=O) groups excluding carboxylic acids is 1. The van der Waals surface area contributed by atoms with Crippen LogP contribution in [0.15, 0.2) is 0 Å². The first kappa shape index (κ1) is 17.4. The minimum absolute atomic E-state index is 0.0707. The zero-order chi connectivity index (χ0) is 14.8. The smallest absolute Gasteiger partial charge is 0.237 e. The van der Waals surface area contributed by atoms with E-state index in [4.69, 9.17) is 19.9 Å². The summed E-state index contributed by atoms with van der Waals surface area (Å²) in [6, 6.07) is 0. The molecule has 1 fully saturated rings. The highest BCUT2D eigenvalue weighted by atomic mass is 16.5. The van der Waals surface area contributed by atoms with Gasteiger partial charge in [0.1, 0.15) is 5.54 Å². The quantitative estimate of drug-likeness (QED) is 0.570. The molecule has 0 aromatic carbocycles. The van der Waals surface area contributed by atoms with Gasteiger partial charge >= 0.3 is 0 Å². The Morgan fingerprint density at radius 1 is 1.35 bits per heavy atom. The molecular formula is C14H28N2O4.